The molecule has 0 heterocycles. The number of para-hydroxylation sites is 1. The molecule has 0 radical (unpaired) electrons. The van der Waals surface area contributed by atoms with Gasteiger partial charge < -0.3 is 0 Å². The molecule has 0 aliphatic heterocycles. The van der Waals surface area contributed by atoms with Crippen molar-refractivity contribution in [1.82, 2.24) is 0 Å². The molecule has 0 fully saturated rings. The zero-order valence-corrected chi connectivity index (χ0v) is 7.79. The number of rotatable bonds is 2. The lowest BCUT2D eigenvalue weighted by atomic mass is 10.3. The lowest BCUT2D eigenvalue weighted by Gasteiger charge is -1.94. The average Bonchev–Trinajstić information content (AvgIpc) is 2.03. The fraction of sp³-hybridized carbons (Fsp3) is 0. The van der Waals surface area contributed by atoms with Crippen LogP contribution in [0.15, 0.2) is 29.2 Å². The fourth-order valence-corrected chi connectivity index (χ4v) is 1.86. The molecule has 0 saturated carbocycles. The molecule has 0 aliphatic rings. The minimum absolute atomic E-state index is 0.373. The van der Waals surface area contributed by atoms with E-state index < -0.39 is 20.0 Å². The summed E-state index contributed by atoms with van der Waals surface area (Å²) in [6.07, 6.45) is 0. The predicted molar refractivity (Wildman–Crippen MR) is 47.9 cm³/mol. The van der Waals surface area contributed by atoms with Crippen LogP contribution in [0.3, 0.4) is 0 Å². The van der Waals surface area contributed by atoms with Gasteiger partial charge in [-0.25, -0.2) is 0 Å². The van der Waals surface area contributed by atoms with Crippen LogP contribution < -0.4 is 0 Å². The molecule has 1 N–H and O–H groups in total. The minimum Gasteiger partial charge on any atom is -0.258 e. The van der Waals surface area contributed by atoms with E-state index in [2.05, 4.69) is 0 Å². The van der Waals surface area contributed by atoms with Crippen molar-refractivity contribution in [2.24, 2.45) is 0 Å². The molecular formula is C6H5ClNO4S+. The van der Waals surface area contributed by atoms with Crippen LogP contribution in [-0.4, -0.2) is 9.48 Å². The summed E-state index contributed by atoms with van der Waals surface area (Å²) >= 11 is 0. The maximum absolute atomic E-state index is 10.9. The molecule has 1 atom stereocenters. The number of benzene rings is 1. The highest BCUT2D eigenvalue weighted by molar-refractivity contribution is 8.19. The van der Waals surface area contributed by atoms with Crippen molar-refractivity contribution < 1.29 is 13.7 Å². The fourth-order valence-electron chi connectivity index (χ4n) is 0.821. The molecule has 5 nitrogen and oxygen atoms in total. The molecule has 0 amide bonds. The van der Waals surface area contributed by atoms with E-state index in [1.54, 1.807) is 0 Å². The SMILES string of the molecule is O=[N+]([O-])c1ccccc1[S+](=O)(O)Cl. The van der Waals surface area contributed by atoms with Crippen molar-refractivity contribution in [2.75, 3.05) is 0 Å². The Morgan fingerprint density at radius 3 is 2.38 bits per heavy atom. The van der Waals surface area contributed by atoms with Gasteiger partial charge in [0.05, 0.1) is 4.92 Å². The Morgan fingerprint density at radius 2 is 2.00 bits per heavy atom. The zero-order valence-electron chi connectivity index (χ0n) is 6.21. The summed E-state index contributed by atoms with van der Waals surface area (Å²) in [5, 5.41) is 10.4. The molecule has 7 heteroatoms. The van der Waals surface area contributed by atoms with Crippen molar-refractivity contribution in [2.45, 2.75) is 4.90 Å². The van der Waals surface area contributed by atoms with Gasteiger partial charge in [-0.05, 0) is 4.21 Å². The van der Waals surface area contributed by atoms with Crippen LogP contribution in [0, 0.1) is 10.1 Å². The monoisotopic (exact) mass is 222 g/mol. The first-order valence-corrected chi connectivity index (χ1v) is 5.46. The van der Waals surface area contributed by atoms with Crippen molar-refractivity contribution >= 4 is 25.8 Å². The second-order valence-corrected chi connectivity index (χ2v) is 4.79. The Kier molecular flexibility index (Phi) is 2.65. The first-order valence-electron chi connectivity index (χ1n) is 3.12. The normalized spacial score (nSPS) is 14.9. The van der Waals surface area contributed by atoms with Gasteiger partial charge >= 0.3 is 15.1 Å². The summed E-state index contributed by atoms with van der Waals surface area (Å²) < 4.78 is 19.8. The lowest BCUT2D eigenvalue weighted by molar-refractivity contribution is -0.387. The molecule has 1 rings (SSSR count). The van der Waals surface area contributed by atoms with Gasteiger partial charge in [-0.2, -0.15) is 4.55 Å². The van der Waals surface area contributed by atoms with Gasteiger partial charge in [-0.1, -0.05) is 12.1 Å². The molecule has 0 saturated heterocycles. The summed E-state index contributed by atoms with van der Waals surface area (Å²) in [6.45, 7) is 0. The van der Waals surface area contributed by atoms with E-state index in [4.69, 9.17) is 15.2 Å². The van der Waals surface area contributed by atoms with Gasteiger partial charge in [-0.3, -0.25) is 10.1 Å². The van der Waals surface area contributed by atoms with Crippen LogP contribution in [0.4, 0.5) is 5.69 Å². The molecular weight excluding hydrogens is 218 g/mol. The van der Waals surface area contributed by atoms with Crippen LogP contribution in [0.5, 0.6) is 0 Å². The maximum Gasteiger partial charge on any atom is 0.355 e. The number of nitrogens with zero attached hydrogens (tertiary/aromatic N) is 1. The molecule has 0 aromatic heterocycles. The lowest BCUT2D eigenvalue weighted by Crippen LogP contribution is -2.03. The molecule has 70 valence electrons. The largest absolute Gasteiger partial charge is 0.355 e. The molecule has 0 bridgehead atoms. The van der Waals surface area contributed by atoms with Crippen molar-refractivity contribution in [1.29, 1.82) is 0 Å². The third-order valence-corrected chi connectivity index (χ3v) is 2.72. The summed E-state index contributed by atoms with van der Waals surface area (Å²) in [4.78, 5) is 9.25. The van der Waals surface area contributed by atoms with Crippen LogP contribution >= 0.6 is 10.7 Å². The van der Waals surface area contributed by atoms with Gasteiger partial charge in [0.25, 0.3) is 4.90 Å². The van der Waals surface area contributed by atoms with Gasteiger partial charge in [0.2, 0.25) is 10.7 Å². The molecule has 0 aliphatic carbocycles. The molecule has 1 unspecified atom stereocenters. The van der Waals surface area contributed by atoms with Crippen molar-refractivity contribution in [3.8, 4) is 0 Å². The summed E-state index contributed by atoms with van der Waals surface area (Å²) in [5.41, 5.74) is -0.454. The van der Waals surface area contributed by atoms with Crippen LogP contribution in [-0.2, 0) is 13.6 Å². The number of hydrogen-bond donors (Lipinski definition) is 1. The van der Waals surface area contributed by atoms with Gasteiger partial charge in [0.15, 0.2) is 0 Å². The highest BCUT2D eigenvalue weighted by Gasteiger charge is 2.35. The first kappa shape index (κ1) is 10.1. The highest BCUT2D eigenvalue weighted by Crippen LogP contribution is 2.29. The Balaban J connectivity index is 3.37. The van der Waals surface area contributed by atoms with E-state index in [0.717, 1.165) is 12.1 Å². The highest BCUT2D eigenvalue weighted by atomic mass is 35.7. The second-order valence-electron chi connectivity index (χ2n) is 2.18. The quantitative estimate of drug-likeness (QED) is 0.360. The Morgan fingerprint density at radius 1 is 1.46 bits per heavy atom. The zero-order chi connectivity index (χ0) is 10.1. The van der Waals surface area contributed by atoms with E-state index in [-0.39, 0.29) is 4.90 Å². The van der Waals surface area contributed by atoms with Crippen LogP contribution in [0.1, 0.15) is 0 Å². The predicted octanol–water partition coefficient (Wildman–Crippen LogP) is 2.08. The van der Waals surface area contributed by atoms with E-state index in [1.807, 2.05) is 0 Å². The van der Waals surface area contributed by atoms with E-state index in [9.17, 15) is 14.3 Å². The number of hydrogen-bond acceptors (Lipinski definition) is 3. The number of halogens is 1. The van der Waals surface area contributed by atoms with Gasteiger partial charge in [0, 0.05) is 12.1 Å². The van der Waals surface area contributed by atoms with Gasteiger partial charge in [0.1, 0.15) is 0 Å². The number of nitro groups is 1. The summed E-state index contributed by atoms with van der Waals surface area (Å²) in [6, 6.07) is 5.06. The van der Waals surface area contributed by atoms with E-state index >= 15 is 0 Å². The van der Waals surface area contributed by atoms with E-state index in [1.165, 1.54) is 12.1 Å². The summed E-state index contributed by atoms with van der Waals surface area (Å²) in [7, 11) is 1.29. The second kappa shape index (κ2) is 3.41. The first-order chi connectivity index (χ1) is 5.93. The molecule has 1 aromatic carbocycles. The van der Waals surface area contributed by atoms with Gasteiger partial charge in [-0.15, -0.1) is 0 Å². The maximum atomic E-state index is 10.9. The smallest absolute Gasteiger partial charge is 0.258 e. The molecule has 1 aromatic rings. The number of nitro benzene ring substituents is 1. The van der Waals surface area contributed by atoms with E-state index in [0.29, 0.717) is 0 Å². The third-order valence-electron chi connectivity index (χ3n) is 1.33. The minimum atomic E-state index is -3.80. The Hall–Kier alpha value is -0.980. The molecule has 13 heavy (non-hydrogen) atoms. The third kappa shape index (κ3) is 2.24. The topological polar surface area (TPSA) is 80.4 Å². The van der Waals surface area contributed by atoms with Crippen molar-refractivity contribution in [3.05, 3.63) is 34.4 Å². The van der Waals surface area contributed by atoms with Crippen molar-refractivity contribution in [3.63, 3.8) is 0 Å². The van der Waals surface area contributed by atoms with Crippen LogP contribution in [0.2, 0.25) is 0 Å². The standard InChI is InChI=1S/C6H4ClNO4S/c7-13(11,12)6-4-2-1-3-5(6)8(9)10/h1-4H/p+1. The Bertz CT molecular complexity index is 388. The summed E-state index contributed by atoms with van der Waals surface area (Å²) in [5.74, 6) is 0. The molecule has 0 spiro atoms. The average molecular weight is 223 g/mol. The Labute approximate surface area is 79.2 Å². The van der Waals surface area contributed by atoms with Crippen LogP contribution in [0.25, 0.3) is 0 Å².